The Balaban J connectivity index is 1.91. The maximum atomic E-state index is 6.11. The summed E-state index contributed by atoms with van der Waals surface area (Å²) < 4.78 is 1.73. The lowest BCUT2D eigenvalue weighted by Gasteiger charge is -2.07. The van der Waals surface area contributed by atoms with Gasteiger partial charge in [-0.1, -0.05) is 11.6 Å². The van der Waals surface area contributed by atoms with Gasteiger partial charge in [0.1, 0.15) is 5.69 Å². The molecule has 0 aliphatic carbocycles. The smallest absolute Gasteiger partial charge is 0.156 e. The first kappa shape index (κ1) is 15.3. The number of nitrogen functional groups attached to an aromatic ring is 1. The molecule has 4 rings (SSSR count). The third kappa shape index (κ3) is 2.64. The quantitative estimate of drug-likeness (QED) is 0.551. The number of fused-ring (bicyclic) bond motifs is 1. The summed E-state index contributed by atoms with van der Waals surface area (Å²) >= 11 is 6.06. The van der Waals surface area contributed by atoms with Crippen molar-refractivity contribution >= 4 is 28.8 Å². The van der Waals surface area contributed by atoms with Gasteiger partial charge in [-0.3, -0.25) is 4.98 Å². The van der Waals surface area contributed by atoms with E-state index in [1.807, 2.05) is 30.3 Å². The Hall–Kier alpha value is -3.19. The van der Waals surface area contributed by atoms with Crippen molar-refractivity contribution in [3.8, 4) is 22.5 Å². The van der Waals surface area contributed by atoms with E-state index in [4.69, 9.17) is 22.4 Å². The number of nitrogens with two attached hydrogens (primary N) is 1. The number of hydrogen-bond acceptors (Lipinski definition) is 6. The third-order valence-corrected chi connectivity index (χ3v) is 4.16. The number of rotatable bonds is 3. The van der Waals surface area contributed by atoms with Gasteiger partial charge in [-0.15, -0.1) is 0 Å². The molecule has 0 aliphatic heterocycles. The van der Waals surface area contributed by atoms with E-state index in [2.05, 4.69) is 20.3 Å². The van der Waals surface area contributed by atoms with Gasteiger partial charge in [0.2, 0.25) is 0 Å². The number of halogens is 1. The minimum atomic E-state index is 0.414. The molecule has 7 nitrogen and oxygen atoms in total. The second kappa shape index (κ2) is 6.03. The van der Waals surface area contributed by atoms with Crippen molar-refractivity contribution < 1.29 is 0 Å². The SMILES string of the molecule is CNc1cc(-c2ccc3nc(N)c(-c4ccncc4)n3n2)cnc1Cl. The number of hydrogen-bond donors (Lipinski definition) is 2. The van der Waals surface area contributed by atoms with Gasteiger partial charge in [-0.2, -0.15) is 5.10 Å². The second-order valence-electron chi connectivity index (χ2n) is 5.38. The Bertz CT molecular complexity index is 1060. The highest BCUT2D eigenvalue weighted by molar-refractivity contribution is 6.32. The first-order valence-electron chi connectivity index (χ1n) is 7.56. The van der Waals surface area contributed by atoms with Gasteiger partial charge in [0.25, 0.3) is 0 Å². The Morgan fingerprint density at radius 3 is 2.68 bits per heavy atom. The van der Waals surface area contributed by atoms with E-state index >= 15 is 0 Å². The van der Waals surface area contributed by atoms with Crippen molar-refractivity contribution in [2.45, 2.75) is 0 Å². The number of pyridine rings is 2. The average Bonchev–Trinajstić information content (AvgIpc) is 2.97. The van der Waals surface area contributed by atoms with Gasteiger partial charge in [0.15, 0.2) is 16.6 Å². The Labute approximate surface area is 148 Å². The molecule has 0 spiro atoms. The summed E-state index contributed by atoms with van der Waals surface area (Å²) in [5.41, 5.74) is 10.7. The highest BCUT2D eigenvalue weighted by Crippen LogP contribution is 2.29. The van der Waals surface area contributed by atoms with Crippen LogP contribution in [0.15, 0.2) is 48.9 Å². The second-order valence-corrected chi connectivity index (χ2v) is 5.74. The normalized spacial score (nSPS) is 11.0. The molecule has 0 fully saturated rings. The summed E-state index contributed by atoms with van der Waals surface area (Å²) in [4.78, 5) is 12.6. The topological polar surface area (TPSA) is 94.0 Å². The molecule has 0 aromatic carbocycles. The van der Waals surface area contributed by atoms with Gasteiger partial charge in [0.05, 0.1) is 11.4 Å². The fraction of sp³-hybridized carbons (Fsp3) is 0.0588. The summed E-state index contributed by atoms with van der Waals surface area (Å²) in [5, 5.41) is 8.12. The number of aromatic nitrogens is 5. The van der Waals surface area contributed by atoms with Crippen LogP contribution in [0.5, 0.6) is 0 Å². The fourth-order valence-electron chi connectivity index (χ4n) is 2.65. The zero-order valence-corrected chi connectivity index (χ0v) is 14.1. The molecule has 0 saturated heterocycles. The molecule has 124 valence electrons. The molecule has 8 heteroatoms. The van der Waals surface area contributed by atoms with Crippen molar-refractivity contribution in [2.24, 2.45) is 0 Å². The molecule has 25 heavy (non-hydrogen) atoms. The lowest BCUT2D eigenvalue weighted by atomic mass is 10.2. The van der Waals surface area contributed by atoms with E-state index in [1.165, 1.54) is 0 Å². The molecule has 0 amide bonds. The zero-order chi connectivity index (χ0) is 17.4. The summed E-state index contributed by atoms with van der Waals surface area (Å²) in [6, 6.07) is 9.39. The molecule has 0 bridgehead atoms. The van der Waals surface area contributed by atoms with E-state index in [1.54, 1.807) is 30.2 Å². The van der Waals surface area contributed by atoms with Crippen molar-refractivity contribution in [3.63, 3.8) is 0 Å². The molecule has 0 aliphatic rings. The first-order valence-corrected chi connectivity index (χ1v) is 7.94. The zero-order valence-electron chi connectivity index (χ0n) is 13.3. The molecule has 0 saturated carbocycles. The predicted molar refractivity (Wildman–Crippen MR) is 98.4 cm³/mol. The molecule has 4 aromatic rings. The van der Waals surface area contributed by atoms with Gasteiger partial charge in [0, 0.05) is 36.8 Å². The Morgan fingerprint density at radius 1 is 1.12 bits per heavy atom. The molecular formula is C17H14ClN7. The average molecular weight is 352 g/mol. The minimum Gasteiger partial charge on any atom is -0.386 e. The molecular weight excluding hydrogens is 338 g/mol. The van der Waals surface area contributed by atoms with Crippen LogP contribution in [-0.2, 0) is 0 Å². The van der Waals surface area contributed by atoms with E-state index in [0.29, 0.717) is 16.6 Å². The van der Waals surface area contributed by atoms with Crippen molar-refractivity contribution in [1.29, 1.82) is 0 Å². The predicted octanol–water partition coefficient (Wildman–Crippen LogP) is 3.13. The molecule has 3 N–H and O–H groups in total. The third-order valence-electron chi connectivity index (χ3n) is 3.86. The van der Waals surface area contributed by atoms with Crippen LogP contribution in [0.4, 0.5) is 11.5 Å². The van der Waals surface area contributed by atoms with Crippen LogP contribution >= 0.6 is 11.6 Å². The van der Waals surface area contributed by atoms with E-state index in [-0.39, 0.29) is 0 Å². The van der Waals surface area contributed by atoms with Crippen molar-refractivity contribution in [1.82, 2.24) is 24.6 Å². The van der Waals surface area contributed by atoms with Gasteiger partial charge >= 0.3 is 0 Å². The van der Waals surface area contributed by atoms with Crippen LogP contribution < -0.4 is 11.1 Å². The molecule has 0 atom stereocenters. The summed E-state index contributed by atoms with van der Waals surface area (Å²) in [7, 11) is 1.79. The van der Waals surface area contributed by atoms with Crippen molar-refractivity contribution in [3.05, 3.63) is 54.1 Å². The maximum absolute atomic E-state index is 6.11. The molecule has 0 radical (unpaired) electrons. The Kier molecular flexibility index (Phi) is 3.70. The standard InChI is InChI=1S/C17H14ClN7/c1-20-13-8-11(9-22-16(13)18)12-2-3-14-23-17(19)15(25(14)24-12)10-4-6-21-7-5-10/h2-9,20H,19H2,1H3. The van der Waals surface area contributed by atoms with Crippen LogP contribution in [0, 0.1) is 0 Å². The number of nitrogens with one attached hydrogen (secondary N) is 1. The van der Waals surface area contributed by atoms with Crippen LogP contribution in [0.2, 0.25) is 5.15 Å². The van der Waals surface area contributed by atoms with Crippen LogP contribution in [0.1, 0.15) is 0 Å². The largest absolute Gasteiger partial charge is 0.386 e. The molecule has 0 unspecified atom stereocenters. The maximum Gasteiger partial charge on any atom is 0.156 e. The van der Waals surface area contributed by atoms with Gasteiger partial charge in [-0.05, 0) is 30.3 Å². The monoisotopic (exact) mass is 351 g/mol. The van der Waals surface area contributed by atoms with Gasteiger partial charge < -0.3 is 11.1 Å². The summed E-state index contributed by atoms with van der Waals surface area (Å²) in [6.07, 6.45) is 5.10. The minimum absolute atomic E-state index is 0.414. The summed E-state index contributed by atoms with van der Waals surface area (Å²) in [5.74, 6) is 0.418. The number of nitrogens with zero attached hydrogens (tertiary/aromatic N) is 5. The van der Waals surface area contributed by atoms with Crippen LogP contribution in [0.25, 0.3) is 28.2 Å². The van der Waals surface area contributed by atoms with E-state index in [0.717, 1.165) is 28.2 Å². The fourth-order valence-corrected chi connectivity index (χ4v) is 2.85. The lowest BCUT2D eigenvalue weighted by Crippen LogP contribution is -1.99. The lowest BCUT2D eigenvalue weighted by molar-refractivity contribution is 0.948. The van der Waals surface area contributed by atoms with Crippen LogP contribution in [-0.4, -0.2) is 31.6 Å². The highest BCUT2D eigenvalue weighted by Gasteiger charge is 2.14. The van der Waals surface area contributed by atoms with Crippen LogP contribution in [0.3, 0.4) is 0 Å². The molecule has 4 aromatic heterocycles. The summed E-state index contributed by atoms with van der Waals surface area (Å²) in [6.45, 7) is 0. The van der Waals surface area contributed by atoms with Crippen molar-refractivity contribution in [2.75, 3.05) is 18.1 Å². The Morgan fingerprint density at radius 2 is 1.92 bits per heavy atom. The van der Waals surface area contributed by atoms with E-state index < -0.39 is 0 Å². The first-order chi connectivity index (χ1) is 12.2. The molecule has 4 heterocycles. The number of imidazole rings is 1. The number of anilines is 2. The van der Waals surface area contributed by atoms with Gasteiger partial charge in [-0.25, -0.2) is 14.5 Å². The highest BCUT2D eigenvalue weighted by atomic mass is 35.5. The van der Waals surface area contributed by atoms with E-state index in [9.17, 15) is 0 Å².